The Kier molecular flexibility index (Phi) is 5.46. The van der Waals surface area contributed by atoms with Gasteiger partial charge in [-0.25, -0.2) is 15.0 Å². The molecular formula is C21H24N6O2S. The van der Waals surface area contributed by atoms with Crippen LogP contribution in [0.4, 0.5) is 11.5 Å². The lowest BCUT2D eigenvalue weighted by atomic mass is 9.93. The van der Waals surface area contributed by atoms with E-state index in [0.717, 1.165) is 74.0 Å². The van der Waals surface area contributed by atoms with Gasteiger partial charge >= 0.3 is 0 Å². The maximum Gasteiger partial charge on any atom is 0.141 e. The lowest BCUT2D eigenvalue weighted by molar-refractivity contribution is 0.122. The van der Waals surface area contributed by atoms with Gasteiger partial charge in [0.1, 0.15) is 22.9 Å². The molecule has 2 aliphatic rings. The fourth-order valence-electron chi connectivity index (χ4n) is 4.34. The van der Waals surface area contributed by atoms with E-state index in [-0.39, 0.29) is 5.92 Å². The second kappa shape index (κ2) is 8.53. The van der Waals surface area contributed by atoms with Crippen molar-refractivity contribution in [2.45, 2.75) is 12.8 Å². The molecule has 1 atom stereocenters. The molecule has 30 heavy (non-hydrogen) atoms. The molecule has 0 bridgehead atoms. The molecule has 2 aromatic heterocycles. The highest BCUT2D eigenvalue weighted by Gasteiger charge is 2.28. The number of fused-ring (bicyclic) bond motifs is 1. The van der Waals surface area contributed by atoms with E-state index >= 15 is 0 Å². The number of hydrogen-bond acceptors (Lipinski definition) is 9. The van der Waals surface area contributed by atoms with E-state index in [1.165, 1.54) is 17.0 Å². The van der Waals surface area contributed by atoms with Gasteiger partial charge < -0.3 is 19.7 Å². The van der Waals surface area contributed by atoms with Crippen LogP contribution in [-0.4, -0.2) is 65.3 Å². The van der Waals surface area contributed by atoms with Crippen LogP contribution in [0.15, 0.2) is 41.3 Å². The molecule has 0 radical (unpaired) electrons. The zero-order valence-electron chi connectivity index (χ0n) is 16.6. The number of anilines is 2. The lowest BCUT2D eigenvalue weighted by Crippen LogP contribution is -2.39. The molecule has 2 fully saturated rings. The summed E-state index contributed by atoms with van der Waals surface area (Å²) in [6.07, 6.45) is 5.37. The second-order valence-corrected chi connectivity index (χ2v) is 8.50. The number of oxime groups is 1. The fourth-order valence-corrected chi connectivity index (χ4v) is 5.04. The molecule has 0 amide bonds. The number of ether oxygens (including phenoxy) is 1. The van der Waals surface area contributed by atoms with Crippen molar-refractivity contribution in [3.63, 3.8) is 0 Å². The largest absolute Gasteiger partial charge is 0.411 e. The van der Waals surface area contributed by atoms with Gasteiger partial charge in [-0.3, -0.25) is 0 Å². The van der Waals surface area contributed by atoms with E-state index in [0.29, 0.717) is 5.71 Å². The van der Waals surface area contributed by atoms with Crippen molar-refractivity contribution in [2.75, 3.05) is 49.2 Å². The highest BCUT2D eigenvalue weighted by Crippen LogP contribution is 2.31. The van der Waals surface area contributed by atoms with Crippen molar-refractivity contribution < 1.29 is 9.94 Å². The first kappa shape index (κ1) is 19.2. The first-order valence-electron chi connectivity index (χ1n) is 10.3. The van der Waals surface area contributed by atoms with Gasteiger partial charge in [-0.05, 0) is 31.0 Å². The highest BCUT2D eigenvalue weighted by molar-refractivity contribution is 7.11. The summed E-state index contributed by atoms with van der Waals surface area (Å²) >= 11 is 1.50. The number of hydrogen-bond donors (Lipinski definition) is 1. The summed E-state index contributed by atoms with van der Waals surface area (Å²) in [5.74, 6) is 1.06. The Morgan fingerprint density at radius 2 is 2.03 bits per heavy atom. The normalized spacial score (nSPS) is 20.7. The van der Waals surface area contributed by atoms with Gasteiger partial charge in [0.25, 0.3) is 0 Å². The van der Waals surface area contributed by atoms with Crippen molar-refractivity contribution in [1.29, 1.82) is 0 Å². The van der Waals surface area contributed by atoms with Crippen molar-refractivity contribution in [3.05, 3.63) is 41.1 Å². The molecule has 1 unspecified atom stereocenters. The third-order valence-corrected chi connectivity index (χ3v) is 6.64. The van der Waals surface area contributed by atoms with E-state index in [1.54, 1.807) is 12.5 Å². The molecule has 0 aliphatic carbocycles. The number of benzene rings is 1. The van der Waals surface area contributed by atoms with E-state index < -0.39 is 0 Å². The van der Waals surface area contributed by atoms with Gasteiger partial charge in [0.2, 0.25) is 0 Å². The Hall–Kier alpha value is -2.78. The lowest BCUT2D eigenvalue weighted by Gasteiger charge is -2.34. The van der Waals surface area contributed by atoms with Gasteiger partial charge in [-0.2, -0.15) is 0 Å². The molecular weight excluding hydrogens is 400 g/mol. The van der Waals surface area contributed by atoms with E-state index in [1.807, 2.05) is 5.38 Å². The summed E-state index contributed by atoms with van der Waals surface area (Å²) in [5.41, 5.74) is 2.79. The Bertz CT molecular complexity index is 1040. The Balaban J connectivity index is 1.42. The van der Waals surface area contributed by atoms with Gasteiger partial charge in [-0.1, -0.05) is 5.16 Å². The van der Waals surface area contributed by atoms with Gasteiger partial charge in [0.05, 0.1) is 18.7 Å². The summed E-state index contributed by atoms with van der Waals surface area (Å²) in [6.45, 7) is 4.99. The average Bonchev–Trinajstić information content (AvgIpc) is 3.34. The quantitative estimate of drug-likeness (QED) is 0.391. The Labute approximate surface area is 178 Å². The number of morpholine rings is 1. The molecule has 8 nitrogen and oxygen atoms in total. The molecule has 1 N–H and O–H groups in total. The molecule has 5 rings (SSSR count). The predicted octanol–water partition coefficient (Wildman–Crippen LogP) is 3.02. The van der Waals surface area contributed by atoms with Crippen LogP contribution in [0.25, 0.3) is 10.9 Å². The minimum Gasteiger partial charge on any atom is -0.411 e. The summed E-state index contributed by atoms with van der Waals surface area (Å²) in [6, 6.07) is 6.42. The third kappa shape index (κ3) is 3.70. The SMILES string of the molecule is O/N=C(/c1nccs1)C1CCCN(c2ncnc3cc(N4CCOCC4)ccc23)C1. The number of nitrogens with zero attached hydrogens (tertiary/aromatic N) is 6. The van der Waals surface area contributed by atoms with Crippen LogP contribution in [0.3, 0.4) is 0 Å². The zero-order chi connectivity index (χ0) is 20.3. The average molecular weight is 425 g/mol. The molecule has 0 saturated carbocycles. The number of rotatable bonds is 4. The number of thiazole rings is 1. The zero-order valence-corrected chi connectivity index (χ0v) is 17.5. The van der Waals surface area contributed by atoms with Crippen molar-refractivity contribution in [1.82, 2.24) is 15.0 Å². The van der Waals surface area contributed by atoms with Crippen LogP contribution < -0.4 is 9.80 Å². The summed E-state index contributed by atoms with van der Waals surface area (Å²) < 4.78 is 5.47. The molecule has 4 heterocycles. The molecule has 2 saturated heterocycles. The van der Waals surface area contributed by atoms with Crippen LogP contribution in [0.1, 0.15) is 17.8 Å². The molecule has 3 aromatic rings. The van der Waals surface area contributed by atoms with Crippen LogP contribution in [0.5, 0.6) is 0 Å². The Morgan fingerprint density at radius 1 is 1.13 bits per heavy atom. The maximum atomic E-state index is 9.63. The number of aromatic nitrogens is 3. The van der Waals surface area contributed by atoms with Crippen LogP contribution in [0.2, 0.25) is 0 Å². The molecule has 1 aromatic carbocycles. The molecule has 9 heteroatoms. The van der Waals surface area contributed by atoms with Crippen molar-refractivity contribution in [2.24, 2.45) is 11.1 Å². The summed E-state index contributed by atoms with van der Waals surface area (Å²) in [5, 5.41) is 17.0. The topological polar surface area (TPSA) is 87.0 Å². The molecule has 2 aliphatic heterocycles. The highest BCUT2D eigenvalue weighted by atomic mass is 32.1. The van der Waals surface area contributed by atoms with E-state index in [4.69, 9.17) is 4.74 Å². The minimum absolute atomic E-state index is 0.118. The fraction of sp³-hybridized carbons (Fsp3) is 0.429. The van der Waals surface area contributed by atoms with Crippen LogP contribution >= 0.6 is 11.3 Å². The van der Waals surface area contributed by atoms with E-state index in [2.05, 4.69) is 48.1 Å². The third-order valence-electron chi connectivity index (χ3n) is 5.84. The van der Waals surface area contributed by atoms with Gasteiger partial charge in [0.15, 0.2) is 0 Å². The van der Waals surface area contributed by atoms with E-state index in [9.17, 15) is 5.21 Å². The molecule has 156 valence electrons. The van der Waals surface area contributed by atoms with Crippen molar-refractivity contribution >= 4 is 39.5 Å². The van der Waals surface area contributed by atoms with Gasteiger partial charge in [0, 0.05) is 54.7 Å². The summed E-state index contributed by atoms with van der Waals surface area (Å²) in [4.78, 5) is 18.1. The predicted molar refractivity (Wildman–Crippen MR) is 118 cm³/mol. The second-order valence-electron chi connectivity index (χ2n) is 7.61. The smallest absolute Gasteiger partial charge is 0.141 e. The number of piperidine rings is 1. The summed E-state index contributed by atoms with van der Waals surface area (Å²) in [7, 11) is 0. The van der Waals surface area contributed by atoms with Crippen LogP contribution in [-0.2, 0) is 4.74 Å². The monoisotopic (exact) mass is 424 g/mol. The minimum atomic E-state index is 0.118. The maximum absolute atomic E-state index is 9.63. The van der Waals surface area contributed by atoms with Gasteiger partial charge in [-0.15, -0.1) is 11.3 Å². The molecule has 0 spiro atoms. The van der Waals surface area contributed by atoms with Crippen molar-refractivity contribution in [3.8, 4) is 0 Å². The standard InChI is InChI=1S/C21H24N6O2S/c28-25-19(21-22-5-11-30-21)15-2-1-6-27(13-15)20-17-4-3-16(12-18(17)23-14-24-20)26-7-9-29-10-8-26/h3-5,11-12,14-15,28H,1-2,6-10,13H2/b25-19+. The van der Waals surface area contributed by atoms with Crippen LogP contribution in [0, 0.1) is 5.92 Å². The Morgan fingerprint density at radius 3 is 2.83 bits per heavy atom. The first-order valence-corrected chi connectivity index (χ1v) is 11.2. The first-order chi connectivity index (χ1) is 14.8.